The lowest BCUT2D eigenvalue weighted by molar-refractivity contribution is 0.322. The van der Waals surface area contributed by atoms with Crippen molar-refractivity contribution >= 4 is 0 Å². The first-order valence-corrected chi connectivity index (χ1v) is 6.99. The Balaban J connectivity index is 1.89. The lowest BCUT2D eigenvalue weighted by Crippen LogP contribution is -2.28. The molecule has 0 spiro atoms. The predicted molar refractivity (Wildman–Crippen MR) is 74.2 cm³/mol. The first-order chi connectivity index (χ1) is 8.22. The van der Waals surface area contributed by atoms with Crippen LogP contribution < -0.4 is 5.32 Å². The van der Waals surface area contributed by atoms with Crippen molar-refractivity contribution in [2.75, 3.05) is 6.54 Å². The zero-order valence-corrected chi connectivity index (χ0v) is 11.2. The third-order valence-corrected chi connectivity index (χ3v) is 3.99. The van der Waals surface area contributed by atoms with E-state index in [0.29, 0.717) is 5.41 Å². The van der Waals surface area contributed by atoms with Crippen molar-refractivity contribution in [3.63, 3.8) is 0 Å². The molecule has 1 saturated carbocycles. The molecule has 1 heteroatoms. The highest BCUT2D eigenvalue weighted by Gasteiger charge is 2.34. The van der Waals surface area contributed by atoms with Gasteiger partial charge in [-0.15, -0.1) is 0 Å². The van der Waals surface area contributed by atoms with E-state index in [-0.39, 0.29) is 0 Å². The summed E-state index contributed by atoms with van der Waals surface area (Å²) < 4.78 is 0. The van der Waals surface area contributed by atoms with E-state index in [9.17, 15) is 0 Å². The van der Waals surface area contributed by atoms with E-state index < -0.39 is 0 Å². The van der Waals surface area contributed by atoms with Crippen LogP contribution in [0.1, 0.15) is 45.1 Å². The van der Waals surface area contributed by atoms with Crippen molar-refractivity contribution in [1.29, 1.82) is 0 Å². The van der Waals surface area contributed by atoms with Gasteiger partial charge in [-0.25, -0.2) is 0 Å². The van der Waals surface area contributed by atoms with Crippen molar-refractivity contribution in [3.8, 4) is 0 Å². The van der Waals surface area contributed by atoms with Crippen LogP contribution >= 0.6 is 0 Å². The second-order valence-electron chi connectivity index (χ2n) is 5.87. The van der Waals surface area contributed by atoms with Gasteiger partial charge in [0.2, 0.25) is 0 Å². The van der Waals surface area contributed by atoms with Crippen LogP contribution in [0.2, 0.25) is 0 Å². The Labute approximate surface area is 106 Å². The van der Waals surface area contributed by atoms with E-state index in [1.807, 2.05) is 0 Å². The van der Waals surface area contributed by atoms with Gasteiger partial charge in [-0.3, -0.25) is 0 Å². The van der Waals surface area contributed by atoms with E-state index in [1.165, 1.54) is 44.2 Å². The highest BCUT2D eigenvalue weighted by molar-refractivity contribution is 5.17. The van der Waals surface area contributed by atoms with Gasteiger partial charge in [0.05, 0.1) is 0 Å². The van der Waals surface area contributed by atoms with Crippen molar-refractivity contribution < 1.29 is 0 Å². The quantitative estimate of drug-likeness (QED) is 0.813. The van der Waals surface area contributed by atoms with E-state index in [1.54, 1.807) is 0 Å². The summed E-state index contributed by atoms with van der Waals surface area (Å²) in [6.45, 7) is 5.87. The zero-order valence-electron chi connectivity index (χ0n) is 11.2. The smallest absolute Gasteiger partial charge is 0.00725 e. The third-order valence-electron chi connectivity index (χ3n) is 3.99. The van der Waals surface area contributed by atoms with Crippen LogP contribution in [-0.4, -0.2) is 12.6 Å². The fourth-order valence-corrected chi connectivity index (χ4v) is 3.09. The maximum absolute atomic E-state index is 3.67. The van der Waals surface area contributed by atoms with Crippen LogP contribution in [-0.2, 0) is 6.42 Å². The molecule has 0 heterocycles. The molecule has 94 valence electrons. The molecule has 1 aliphatic carbocycles. The monoisotopic (exact) mass is 231 g/mol. The Hall–Kier alpha value is -0.820. The van der Waals surface area contributed by atoms with Crippen molar-refractivity contribution in [2.45, 2.75) is 52.0 Å². The fourth-order valence-electron chi connectivity index (χ4n) is 3.09. The largest absolute Gasteiger partial charge is 0.314 e. The van der Waals surface area contributed by atoms with Crippen LogP contribution in [0.25, 0.3) is 0 Å². The maximum Gasteiger partial charge on any atom is 0.00725 e. The fraction of sp³-hybridized carbons (Fsp3) is 0.625. The van der Waals surface area contributed by atoms with Crippen LogP contribution in [0.15, 0.2) is 30.3 Å². The highest BCUT2D eigenvalue weighted by Crippen LogP contribution is 2.40. The van der Waals surface area contributed by atoms with Gasteiger partial charge < -0.3 is 5.32 Å². The molecule has 0 saturated heterocycles. The molecule has 2 unspecified atom stereocenters. The van der Waals surface area contributed by atoms with Crippen molar-refractivity contribution in [2.24, 2.45) is 5.41 Å². The molecular formula is C16H25N. The van der Waals surface area contributed by atoms with Gasteiger partial charge in [-0.05, 0) is 49.6 Å². The molecule has 1 aliphatic rings. The molecule has 1 N–H and O–H groups in total. The summed E-state index contributed by atoms with van der Waals surface area (Å²) in [4.78, 5) is 0. The minimum atomic E-state index is 0.507. The Bertz CT molecular complexity index is 333. The number of hydrogen-bond acceptors (Lipinski definition) is 1. The second kappa shape index (κ2) is 5.68. The van der Waals surface area contributed by atoms with E-state index in [0.717, 1.165) is 6.04 Å². The van der Waals surface area contributed by atoms with E-state index >= 15 is 0 Å². The summed E-state index contributed by atoms with van der Waals surface area (Å²) in [7, 11) is 0. The first kappa shape index (κ1) is 12.6. The third kappa shape index (κ3) is 3.57. The number of hydrogen-bond donors (Lipinski definition) is 1. The highest BCUT2D eigenvalue weighted by atomic mass is 14.9. The van der Waals surface area contributed by atoms with Gasteiger partial charge in [-0.2, -0.15) is 0 Å². The molecule has 2 atom stereocenters. The Morgan fingerprint density at radius 2 is 2.06 bits per heavy atom. The Morgan fingerprint density at radius 3 is 2.76 bits per heavy atom. The summed E-state index contributed by atoms with van der Waals surface area (Å²) in [5.74, 6) is 0. The number of rotatable bonds is 5. The lowest BCUT2D eigenvalue weighted by Gasteiger charge is -2.24. The normalized spacial score (nSPS) is 28.5. The molecule has 0 bridgehead atoms. The standard InChI is InChI=1S/C16H25N/c1-3-11-17-15-9-10-16(2,13-15)12-14-7-5-4-6-8-14/h4-8,15,17H,3,9-13H2,1-2H3. The summed E-state index contributed by atoms with van der Waals surface area (Å²) in [5.41, 5.74) is 2.00. The Kier molecular flexibility index (Phi) is 4.22. The van der Waals surface area contributed by atoms with Crippen LogP contribution in [0.5, 0.6) is 0 Å². The summed E-state index contributed by atoms with van der Waals surface area (Å²) in [5, 5.41) is 3.67. The van der Waals surface area contributed by atoms with Gasteiger partial charge in [0.25, 0.3) is 0 Å². The zero-order chi connectivity index (χ0) is 12.1. The predicted octanol–water partition coefficient (Wildman–Crippen LogP) is 3.79. The van der Waals surface area contributed by atoms with Crippen LogP contribution in [0, 0.1) is 5.41 Å². The minimum Gasteiger partial charge on any atom is -0.314 e. The molecular weight excluding hydrogens is 206 g/mol. The molecule has 17 heavy (non-hydrogen) atoms. The topological polar surface area (TPSA) is 12.0 Å². The Morgan fingerprint density at radius 1 is 1.29 bits per heavy atom. The minimum absolute atomic E-state index is 0.507. The van der Waals surface area contributed by atoms with Gasteiger partial charge >= 0.3 is 0 Å². The van der Waals surface area contributed by atoms with Gasteiger partial charge in [-0.1, -0.05) is 44.2 Å². The average Bonchev–Trinajstić information content (AvgIpc) is 2.69. The molecule has 0 aliphatic heterocycles. The van der Waals surface area contributed by atoms with E-state index in [4.69, 9.17) is 0 Å². The molecule has 1 aromatic rings. The molecule has 2 rings (SSSR count). The van der Waals surface area contributed by atoms with Gasteiger partial charge in [0, 0.05) is 6.04 Å². The SMILES string of the molecule is CCCNC1CCC(C)(Cc2ccccc2)C1. The summed E-state index contributed by atoms with van der Waals surface area (Å²) in [6.07, 6.45) is 6.53. The molecule has 0 amide bonds. The summed E-state index contributed by atoms with van der Waals surface area (Å²) in [6, 6.07) is 11.7. The van der Waals surface area contributed by atoms with Crippen LogP contribution in [0.4, 0.5) is 0 Å². The van der Waals surface area contributed by atoms with E-state index in [2.05, 4.69) is 49.5 Å². The first-order valence-electron chi connectivity index (χ1n) is 6.99. The van der Waals surface area contributed by atoms with Crippen molar-refractivity contribution in [1.82, 2.24) is 5.32 Å². The molecule has 0 aromatic heterocycles. The molecule has 1 aromatic carbocycles. The summed E-state index contributed by atoms with van der Waals surface area (Å²) >= 11 is 0. The average molecular weight is 231 g/mol. The molecule has 1 fully saturated rings. The van der Waals surface area contributed by atoms with Gasteiger partial charge in [0.1, 0.15) is 0 Å². The second-order valence-corrected chi connectivity index (χ2v) is 5.87. The maximum atomic E-state index is 3.67. The van der Waals surface area contributed by atoms with Gasteiger partial charge in [0.15, 0.2) is 0 Å². The molecule has 0 radical (unpaired) electrons. The van der Waals surface area contributed by atoms with Crippen LogP contribution in [0.3, 0.4) is 0 Å². The molecule has 1 nitrogen and oxygen atoms in total. The lowest BCUT2D eigenvalue weighted by atomic mass is 9.82. The number of nitrogens with one attached hydrogen (secondary N) is 1. The number of benzene rings is 1. The van der Waals surface area contributed by atoms with Crippen molar-refractivity contribution in [3.05, 3.63) is 35.9 Å².